The first-order valence-electron chi connectivity index (χ1n) is 9.26. The molecule has 7 nitrogen and oxygen atoms in total. The van der Waals surface area contributed by atoms with E-state index in [1.807, 2.05) is 0 Å². The number of hydrogen-bond donors (Lipinski definition) is 2. The average molecular weight is 501 g/mol. The second-order valence-electron chi connectivity index (χ2n) is 6.55. The monoisotopic (exact) mass is 500 g/mol. The topological polar surface area (TPSA) is 97.2 Å². The number of carboxylic acid groups (broad SMARTS) is 1. The molecular formula is C21H16ClF3N2O5S. The van der Waals surface area contributed by atoms with Crippen LogP contribution in [-0.4, -0.2) is 35.9 Å². The lowest BCUT2D eigenvalue weighted by atomic mass is 10.2. The number of ether oxygens (including phenoxy) is 2. The van der Waals surface area contributed by atoms with Gasteiger partial charge in [-0.1, -0.05) is 17.7 Å². The van der Waals surface area contributed by atoms with Crippen molar-refractivity contribution < 1.29 is 37.3 Å². The second-order valence-corrected chi connectivity index (χ2v) is 7.98. The SMILES string of the molecule is COc1cc(/C=C2/SC(=Nc3ccc(Cl)c(C(F)(F)F)c3)NC2=O)ccc1OCCC(=O)O. The van der Waals surface area contributed by atoms with Crippen LogP contribution in [0, 0.1) is 0 Å². The van der Waals surface area contributed by atoms with Gasteiger partial charge in [0.25, 0.3) is 5.91 Å². The van der Waals surface area contributed by atoms with Crippen molar-refractivity contribution >= 4 is 52.2 Å². The summed E-state index contributed by atoms with van der Waals surface area (Å²) in [5.41, 5.74) is -0.448. The van der Waals surface area contributed by atoms with Gasteiger partial charge in [0.05, 0.1) is 41.3 Å². The van der Waals surface area contributed by atoms with Gasteiger partial charge in [-0.25, -0.2) is 4.99 Å². The first kappa shape index (κ1) is 24.5. The molecule has 2 N–H and O–H groups in total. The smallest absolute Gasteiger partial charge is 0.417 e. The van der Waals surface area contributed by atoms with Crippen molar-refractivity contribution in [2.75, 3.05) is 13.7 Å². The van der Waals surface area contributed by atoms with Crippen molar-refractivity contribution in [1.29, 1.82) is 0 Å². The van der Waals surface area contributed by atoms with Gasteiger partial charge in [-0.05, 0) is 53.7 Å². The molecule has 2 aromatic rings. The highest BCUT2D eigenvalue weighted by molar-refractivity contribution is 8.18. The Hall–Kier alpha value is -3.18. The summed E-state index contributed by atoms with van der Waals surface area (Å²) in [6.45, 7) is -0.0367. The Morgan fingerprint density at radius 2 is 2.00 bits per heavy atom. The molecule has 33 heavy (non-hydrogen) atoms. The largest absolute Gasteiger partial charge is 0.493 e. The number of benzene rings is 2. The van der Waals surface area contributed by atoms with Crippen molar-refractivity contribution in [3.05, 3.63) is 57.5 Å². The van der Waals surface area contributed by atoms with Crippen LogP contribution in [0.1, 0.15) is 17.5 Å². The fourth-order valence-corrected chi connectivity index (χ4v) is 3.76. The standard InChI is InChI=1S/C21H16ClF3N2O5S/c1-31-16-8-11(2-5-15(16)32-7-6-18(28)29)9-17-19(30)27-20(33-17)26-12-3-4-14(22)13(10-12)21(23,24)25/h2-5,8-10H,6-7H2,1H3,(H,28,29)(H,26,27,30)/b17-9+. The fraction of sp³-hybridized carbons (Fsp3) is 0.190. The van der Waals surface area contributed by atoms with Gasteiger partial charge in [-0.3, -0.25) is 9.59 Å². The van der Waals surface area contributed by atoms with Crippen molar-refractivity contribution in [2.24, 2.45) is 4.99 Å². The maximum atomic E-state index is 13.0. The lowest BCUT2D eigenvalue weighted by molar-refractivity contribution is -0.138. The van der Waals surface area contributed by atoms with E-state index >= 15 is 0 Å². The first-order valence-corrected chi connectivity index (χ1v) is 10.4. The second kappa shape index (κ2) is 10.2. The number of hydrogen-bond acceptors (Lipinski definition) is 6. The van der Waals surface area contributed by atoms with Crippen molar-refractivity contribution in [3.8, 4) is 11.5 Å². The maximum Gasteiger partial charge on any atom is 0.417 e. The lowest BCUT2D eigenvalue weighted by Crippen LogP contribution is -2.19. The molecule has 0 spiro atoms. The molecule has 12 heteroatoms. The summed E-state index contributed by atoms with van der Waals surface area (Å²) in [6.07, 6.45) is -3.26. The molecule has 3 rings (SSSR count). The highest BCUT2D eigenvalue weighted by Crippen LogP contribution is 2.38. The lowest BCUT2D eigenvalue weighted by Gasteiger charge is -2.10. The Kier molecular flexibility index (Phi) is 7.54. The molecule has 1 saturated heterocycles. The highest BCUT2D eigenvalue weighted by Gasteiger charge is 2.33. The quantitative estimate of drug-likeness (QED) is 0.513. The number of carbonyl (C=O) groups excluding carboxylic acids is 1. The molecule has 0 saturated carbocycles. The number of nitrogens with one attached hydrogen (secondary N) is 1. The molecule has 1 heterocycles. The number of halogens is 4. The number of rotatable bonds is 7. The number of methoxy groups -OCH3 is 1. The summed E-state index contributed by atoms with van der Waals surface area (Å²) >= 11 is 6.57. The summed E-state index contributed by atoms with van der Waals surface area (Å²) < 4.78 is 49.8. The Labute approximate surface area is 195 Å². The predicted octanol–water partition coefficient (Wildman–Crippen LogP) is 5.11. The first-order chi connectivity index (χ1) is 15.6. The van der Waals surface area contributed by atoms with Crippen LogP contribution in [0.2, 0.25) is 5.02 Å². The number of alkyl halides is 3. The number of aliphatic imine (C=N–C) groups is 1. The molecule has 174 valence electrons. The third kappa shape index (κ3) is 6.42. The summed E-state index contributed by atoms with van der Waals surface area (Å²) in [7, 11) is 1.42. The minimum atomic E-state index is -4.63. The number of thioether (sulfide) groups is 1. The van der Waals surface area contributed by atoms with E-state index in [0.29, 0.717) is 17.1 Å². The third-order valence-electron chi connectivity index (χ3n) is 4.20. The van der Waals surface area contributed by atoms with E-state index in [-0.39, 0.29) is 28.8 Å². The van der Waals surface area contributed by atoms with E-state index in [0.717, 1.165) is 23.9 Å². The van der Waals surface area contributed by atoms with Crippen molar-refractivity contribution in [3.63, 3.8) is 0 Å². The van der Waals surface area contributed by atoms with Gasteiger partial charge in [-0.2, -0.15) is 13.2 Å². The van der Waals surface area contributed by atoms with Gasteiger partial charge in [0.15, 0.2) is 16.7 Å². The molecule has 0 aliphatic carbocycles. The van der Waals surface area contributed by atoms with Gasteiger partial charge in [0.1, 0.15) is 0 Å². The van der Waals surface area contributed by atoms with Crippen molar-refractivity contribution in [2.45, 2.75) is 12.6 Å². The molecule has 0 aromatic heterocycles. The van der Waals surface area contributed by atoms with Crippen LogP contribution in [0.15, 0.2) is 46.3 Å². The summed E-state index contributed by atoms with van der Waals surface area (Å²) in [6, 6.07) is 8.02. The Bertz CT molecular complexity index is 1150. The molecular weight excluding hydrogens is 485 g/mol. The minimum absolute atomic E-state index is 0.0136. The van der Waals surface area contributed by atoms with E-state index in [2.05, 4.69) is 10.3 Å². The van der Waals surface area contributed by atoms with Gasteiger partial charge in [0, 0.05) is 0 Å². The van der Waals surface area contributed by atoms with Gasteiger partial charge in [0.2, 0.25) is 0 Å². The molecule has 0 radical (unpaired) electrons. The number of aliphatic carboxylic acids is 1. The van der Waals surface area contributed by atoms with E-state index in [4.69, 9.17) is 26.2 Å². The predicted molar refractivity (Wildman–Crippen MR) is 118 cm³/mol. The molecule has 1 amide bonds. The summed E-state index contributed by atoms with van der Waals surface area (Å²) in [5.74, 6) is -0.780. The molecule has 1 aliphatic rings. The zero-order valence-corrected chi connectivity index (χ0v) is 18.5. The van der Waals surface area contributed by atoms with Crippen LogP contribution in [-0.2, 0) is 15.8 Å². The molecule has 0 atom stereocenters. The zero-order valence-electron chi connectivity index (χ0n) is 16.9. The van der Waals surface area contributed by atoms with Gasteiger partial charge in [-0.15, -0.1) is 0 Å². The van der Waals surface area contributed by atoms with E-state index in [1.54, 1.807) is 24.3 Å². The van der Waals surface area contributed by atoms with Crippen LogP contribution in [0.5, 0.6) is 11.5 Å². The van der Waals surface area contributed by atoms with Crippen molar-refractivity contribution in [1.82, 2.24) is 5.32 Å². The molecule has 0 bridgehead atoms. The Morgan fingerprint density at radius 3 is 2.67 bits per heavy atom. The molecule has 0 unspecified atom stereocenters. The highest BCUT2D eigenvalue weighted by atomic mass is 35.5. The van der Waals surface area contributed by atoms with E-state index < -0.39 is 28.6 Å². The van der Waals surface area contributed by atoms with Gasteiger partial charge >= 0.3 is 12.1 Å². The molecule has 1 aliphatic heterocycles. The number of amidine groups is 1. The third-order valence-corrected chi connectivity index (χ3v) is 5.44. The number of carbonyl (C=O) groups is 2. The van der Waals surface area contributed by atoms with Crippen LogP contribution in [0.25, 0.3) is 6.08 Å². The van der Waals surface area contributed by atoms with Crippen LogP contribution in [0.3, 0.4) is 0 Å². The average Bonchev–Trinajstić information content (AvgIpc) is 3.07. The van der Waals surface area contributed by atoms with E-state index in [9.17, 15) is 22.8 Å². The Balaban J connectivity index is 1.79. The number of amides is 1. The van der Waals surface area contributed by atoms with Crippen LogP contribution in [0.4, 0.5) is 18.9 Å². The molecule has 1 fully saturated rings. The van der Waals surface area contributed by atoms with Gasteiger partial charge < -0.3 is 19.9 Å². The number of carboxylic acids is 1. The summed E-state index contributed by atoms with van der Waals surface area (Å²) in [5, 5.41) is 10.9. The van der Waals surface area contributed by atoms with E-state index in [1.165, 1.54) is 13.2 Å². The normalized spacial score (nSPS) is 16.2. The van der Waals surface area contributed by atoms with Crippen LogP contribution < -0.4 is 14.8 Å². The maximum absolute atomic E-state index is 13.0. The summed E-state index contributed by atoms with van der Waals surface area (Å²) in [4.78, 5) is 27.2. The Morgan fingerprint density at radius 1 is 1.24 bits per heavy atom. The molecule has 2 aromatic carbocycles. The number of nitrogens with zero attached hydrogens (tertiary/aromatic N) is 1. The fourth-order valence-electron chi connectivity index (χ4n) is 2.69. The van der Waals surface area contributed by atoms with Crippen LogP contribution >= 0.6 is 23.4 Å². The zero-order chi connectivity index (χ0) is 24.2. The minimum Gasteiger partial charge on any atom is -0.493 e.